The Labute approximate surface area is 135 Å². The molecule has 0 aliphatic carbocycles. The SMILES string of the molecule is CCC(NC(=O)NNC(=O)c1ccoc1C)c1ccc(C)cc1. The van der Waals surface area contributed by atoms with Crippen LogP contribution in [0.2, 0.25) is 0 Å². The summed E-state index contributed by atoms with van der Waals surface area (Å²) in [6, 6.07) is 8.93. The molecule has 0 fully saturated rings. The van der Waals surface area contributed by atoms with Gasteiger partial charge in [0.15, 0.2) is 0 Å². The first kappa shape index (κ1) is 16.6. The number of furan rings is 1. The number of amides is 3. The molecule has 0 bridgehead atoms. The van der Waals surface area contributed by atoms with Gasteiger partial charge in [0.05, 0.1) is 17.9 Å². The molecule has 23 heavy (non-hydrogen) atoms. The largest absolute Gasteiger partial charge is 0.469 e. The molecule has 2 aromatic rings. The van der Waals surface area contributed by atoms with Crippen molar-refractivity contribution >= 4 is 11.9 Å². The Morgan fingerprint density at radius 2 is 1.78 bits per heavy atom. The van der Waals surface area contributed by atoms with Crippen molar-refractivity contribution in [3.05, 3.63) is 59.0 Å². The second-order valence-corrected chi connectivity index (χ2v) is 5.31. The molecule has 0 aliphatic rings. The Kier molecular flexibility index (Phi) is 5.41. The van der Waals surface area contributed by atoms with E-state index < -0.39 is 11.9 Å². The van der Waals surface area contributed by atoms with Gasteiger partial charge in [-0.25, -0.2) is 10.2 Å². The lowest BCUT2D eigenvalue weighted by Crippen LogP contribution is -2.47. The van der Waals surface area contributed by atoms with Crippen molar-refractivity contribution in [2.24, 2.45) is 0 Å². The van der Waals surface area contributed by atoms with E-state index in [1.54, 1.807) is 13.0 Å². The minimum Gasteiger partial charge on any atom is -0.469 e. The van der Waals surface area contributed by atoms with Crippen LogP contribution in [0.4, 0.5) is 4.79 Å². The summed E-state index contributed by atoms with van der Waals surface area (Å²) in [5, 5.41) is 2.83. The van der Waals surface area contributed by atoms with Crippen LogP contribution in [0.15, 0.2) is 41.0 Å². The van der Waals surface area contributed by atoms with Crippen molar-refractivity contribution in [1.82, 2.24) is 16.2 Å². The van der Waals surface area contributed by atoms with Crippen LogP contribution in [0.3, 0.4) is 0 Å². The normalized spacial score (nSPS) is 11.6. The standard InChI is InChI=1S/C17H21N3O3/c1-4-15(13-7-5-11(2)6-8-13)18-17(22)20-19-16(21)14-9-10-23-12(14)3/h5-10,15H,4H2,1-3H3,(H,19,21)(H2,18,20,22). The molecular formula is C17H21N3O3. The van der Waals surface area contributed by atoms with Crippen LogP contribution >= 0.6 is 0 Å². The maximum absolute atomic E-state index is 12.0. The summed E-state index contributed by atoms with van der Waals surface area (Å²) >= 11 is 0. The highest BCUT2D eigenvalue weighted by atomic mass is 16.3. The lowest BCUT2D eigenvalue weighted by molar-refractivity contribution is 0.0934. The van der Waals surface area contributed by atoms with E-state index in [0.717, 1.165) is 17.5 Å². The van der Waals surface area contributed by atoms with E-state index in [1.165, 1.54) is 6.26 Å². The molecule has 1 aromatic carbocycles. The van der Waals surface area contributed by atoms with Gasteiger partial charge in [-0.3, -0.25) is 10.2 Å². The molecule has 0 spiro atoms. The van der Waals surface area contributed by atoms with Gasteiger partial charge in [0, 0.05) is 0 Å². The summed E-state index contributed by atoms with van der Waals surface area (Å²) in [7, 11) is 0. The van der Waals surface area contributed by atoms with Gasteiger partial charge < -0.3 is 9.73 Å². The minimum atomic E-state index is -0.466. The third-order valence-corrected chi connectivity index (χ3v) is 3.59. The van der Waals surface area contributed by atoms with Crippen molar-refractivity contribution in [3.63, 3.8) is 0 Å². The zero-order valence-electron chi connectivity index (χ0n) is 13.5. The van der Waals surface area contributed by atoms with Crippen LogP contribution in [0.1, 0.15) is 46.6 Å². The van der Waals surface area contributed by atoms with Crippen molar-refractivity contribution in [3.8, 4) is 0 Å². The van der Waals surface area contributed by atoms with Crippen LogP contribution in [-0.4, -0.2) is 11.9 Å². The van der Waals surface area contributed by atoms with Gasteiger partial charge in [0.2, 0.25) is 0 Å². The molecule has 0 aliphatic heterocycles. The second kappa shape index (κ2) is 7.49. The first-order valence-corrected chi connectivity index (χ1v) is 7.48. The van der Waals surface area contributed by atoms with Crippen molar-refractivity contribution < 1.29 is 14.0 Å². The molecule has 2 rings (SSSR count). The fourth-order valence-electron chi connectivity index (χ4n) is 2.22. The number of benzene rings is 1. The van der Waals surface area contributed by atoms with Gasteiger partial charge in [0.25, 0.3) is 5.91 Å². The molecule has 1 unspecified atom stereocenters. The van der Waals surface area contributed by atoms with Crippen LogP contribution < -0.4 is 16.2 Å². The summed E-state index contributed by atoms with van der Waals surface area (Å²) in [6.45, 7) is 5.68. The van der Waals surface area contributed by atoms with Crippen LogP contribution in [0.25, 0.3) is 0 Å². The molecule has 0 saturated carbocycles. The molecule has 3 amide bonds. The van der Waals surface area contributed by atoms with E-state index in [1.807, 2.05) is 38.1 Å². The second-order valence-electron chi connectivity index (χ2n) is 5.31. The van der Waals surface area contributed by atoms with E-state index in [-0.39, 0.29) is 6.04 Å². The molecule has 0 radical (unpaired) electrons. The molecule has 1 heterocycles. The zero-order chi connectivity index (χ0) is 16.8. The number of rotatable bonds is 4. The maximum atomic E-state index is 12.0. The predicted molar refractivity (Wildman–Crippen MR) is 86.8 cm³/mol. The van der Waals surface area contributed by atoms with Crippen molar-refractivity contribution in [2.75, 3.05) is 0 Å². The lowest BCUT2D eigenvalue weighted by atomic mass is 10.0. The highest BCUT2D eigenvalue weighted by Crippen LogP contribution is 2.16. The zero-order valence-corrected chi connectivity index (χ0v) is 13.5. The number of hydrogen-bond donors (Lipinski definition) is 3. The van der Waals surface area contributed by atoms with Gasteiger partial charge in [-0.05, 0) is 31.9 Å². The minimum absolute atomic E-state index is 0.122. The molecule has 6 heteroatoms. The molecule has 3 N–H and O–H groups in total. The molecule has 1 aromatic heterocycles. The summed E-state index contributed by atoms with van der Waals surface area (Å²) < 4.78 is 5.05. The average molecular weight is 315 g/mol. The molecule has 0 saturated heterocycles. The fraction of sp³-hybridized carbons (Fsp3) is 0.294. The van der Waals surface area contributed by atoms with Gasteiger partial charge in [0.1, 0.15) is 5.76 Å². The third kappa shape index (κ3) is 4.35. The first-order chi connectivity index (χ1) is 11.0. The topological polar surface area (TPSA) is 83.4 Å². The van der Waals surface area contributed by atoms with E-state index in [0.29, 0.717) is 11.3 Å². The number of carbonyl (C=O) groups is 2. The first-order valence-electron chi connectivity index (χ1n) is 7.48. The van der Waals surface area contributed by atoms with Gasteiger partial charge in [-0.1, -0.05) is 36.8 Å². The number of carbonyl (C=O) groups excluding carboxylic acids is 2. The Morgan fingerprint density at radius 1 is 1.09 bits per heavy atom. The monoisotopic (exact) mass is 315 g/mol. The highest BCUT2D eigenvalue weighted by molar-refractivity contribution is 5.96. The van der Waals surface area contributed by atoms with E-state index in [4.69, 9.17) is 4.42 Å². The fourth-order valence-corrected chi connectivity index (χ4v) is 2.22. The van der Waals surface area contributed by atoms with E-state index >= 15 is 0 Å². The average Bonchev–Trinajstić information content (AvgIpc) is 2.97. The Balaban J connectivity index is 1.89. The van der Waals surface area contributed by atoms with Gasteiger partial charge >= 0.3 is 6.03 Å². The molecule has 122 valence electrons. The Hall–Kier alpha value is -2.76. The van der Waals surface area contributed by atoms with Crippen LogP contribution in [-0.2, 0) is 0 Å². The van der Waals surface area contributed by atoms with Crippen LogP contribution in [0, 0.1) is 13.8 Å². The molecular weight excluding hydrogens is 294 g/mol. The number of urea groups is 1. The summed E-state index contributed by atoms with van der Waals surface area (Å²) in [4.78, 5) is 23.8. The summed E-state index contributed by atoms with van der Waals surface area (Å²) in [5.41, 5.74) is 7.27. The van der Waals surface area contributed by atoms with Crippen molar-refractivity contribution in [2.45, 2.75) is 33.2 Å². The molecule has 6 nitrogen and oxygen atoms in total. The number of hydrogen-bond acceptors (Lipinski definition) is 3. The van der Waals surface area contributed by atoms with E-state index in [9.17, 15) is 9.59 Å². The summed E-state index contributed by atoms with van der Waals surface area (Å²) in [5.74, 6) is 0.0746. The highest BCUT2D eigenvalue weighted by Gasteiger charge is 2.15. The van der Waals surface area contributed by atoms with Crippen molar-refractivity contribution in [1.29, 1.82) is 0 Å². The van der Waals surface area contributed by atoms with Gasteiger partial charge in [-0.15, -0.1) is 0 Å². The summed E-state index contributed by atoms with van der Waals surface area (Å²) in [6.07, 6.45) is 2.17. The van der Waals surface area contributed by atoms with E-state index in [2.05, 4.69) is 16.2 Å². The number of hydrazine groups is 1. The Bertz CT molecular complexity index is 677. The smallest absolute Gasteiger partial charge is 0.333 e. The number of nitrogens with one attached hydrogen (secondary N) is 3. The molecule has 1 atom stereocenters. The van der Waals surface area contributed by atoms with Crippen LogP contribution in [0.5, 0.6) is 0 Å². The third-order valence-electron chi connectivity index (χ3n) is 3.59. The predicted octanol–water partition coefficient (Wildman–Crippen LogP) is 2.99. The van der Waals surface area contributed by atoms with Gasteiger partial charge in [-0.2, -0.15) is 0 Å². The quantitative estimate of drug-likeness (QED) is 0.758. The number of aryl methyl sites for hydroxylation is 2. The maximum Gasteiger partial charge on any atom is 0.333 e. The Morgan fingerprint density at radius 3 is 2.35 bits per heavy atom. The lowest BCUT2D eigenvalue weighted by Gasteiger charge is -2.18.